The minimum atomic E-state index is -0.0984. The van der Waals surface area contributed by atoms with E-state index in [0.29, 0.717) is 22.4 Å². The minimum absolute atomic E-state index is 0.0984. The molecule has 0 aromatic heterocycles. The Balaban J connectivity index is 1.32. The number of nitrogens with zero attached hydrogens (tertiary/aromatic N) is 1. The Kier molecular flexibility index (Phi) is 7.24. The van der Waals surface area contributed by atoms with E-state index < -0.39 is 0 Å². The van der Waals surface area contributed by atoms with E-state index in [1.165, 1.54) is 11.8 Å². The molecule has 1 aliphatic rings. The van der Waals surface area contributed by atoms with E-state index in [9.17, 15) is 4.79 Å². The molecule has 0 unspecified atom stereocenters. The van der Waals surface area contributed by atoms with E-state index in [-0.39, 0.29) is 11.8 Å². The monoisotopic (exact) mass is 461 g/mol. The van der Waals surface area contributed by atoms with E-state index in [4.69, 9.17) is 21.7 Å². The molecule has 1 amide bonds. The summed E-state index contributed by atoms with van der Waals surface area (Å²) in [5.74, 6) is 1.79. The Labute approximate surface area is 197 Å². The smallest absolute Gasteiger partial charge is 0.270 e. The van der Waals surface area contributed by atoms with Gasteiger partial charge in [0.1, 0.15) is 11.5 Å². The molecular weight excluding hydrogens is 438 g/mol. The normalized spacial score (nSPS) is 15.8. The van der Waals surface area contributed by atoms with E-state index in [2.05, 4.69) is 6.92 Å². The summed E-state index contributed by atoms with van der Waals surface area (Å²) in [7, 11) is 0. The average molecular weight is 462 g/mol. The predicted octanol–water partition coefficient (Wildman–Crippen LogP) is 6.19. The lowest BCUT2D eigenvalue weighted by molar-refractivity contribution is -0.113. The molecule has 1 atom stereocenters. The van der Waals surface area contributed by atoms with Crippen LogP contribution in [-0.4, -0.2) is 23.4 Å². The second-order valence-electron chi connectivity index (χ2n) is 7.46. The van der Waals surface area contributed by atoms with E-state index >= 15 is 0 Å². The van der Waals surface area contributed by atoms with Gasteiger partial charge in [-0.15, -0.1) is 0 Å². The third-order valence-electron chi connectivity index (χ3n) is 4.80. The number of hydrogen-bond donors (Lipinski definition) is 0. The molecule has 3 aromatic carbocycles. The van der Waals surface area contributed by atoms with E-state index in [1.807, 2.05) is 91.0 Å². The van der Waals surface area contributed by atoms with Crippen molar-refractivity contribution in [2.24, 2.45) is 5.92 Å². The van der Waals surface area contributed by atoms with Crippen LogP contribution in [-0.2, 0) is 4.79 Å². The van der Waals surface area contributed by atoms with E-state index in [0.717, 1.165) is 22.7 Å². The van der Waals surface area contributed by atoms with Gasteiger partial charge < -0.3 is 9.47 Å². The third kappa shape index (κ3) is 5.58. The highest BCUT2D eigenvalue weighted by molar-refractivity contribution is 8.27. The van der Waals surface area contributed by atoms with Crippen molar-refractivity contribution in [3.8, 4) is 11.5 Å². The molecule has 1 heterocycles. The van der Waals surface area contributed by atoms with Gasteiger partial charge in [0.25, 0.3) is 5.91 Å². The molecule has 0 saturated carbocycles. The number of carbonyl (C=O) groups excluding carboxylic acids is 1. The zero-order valence-electron chi connectivity index (χ0n) is 17.6. The van der Waals surface area contributed by atoms with Gasteiger partial charge in [-0.05, 0) is 48.0 Å². The van der Waals surface area contributed by atoms with Gasteiger partial charge in [0.15, 0.2) is 4.32 Å². The van der Waals surface area contributed by atoms with Crippen molar-refractivity contribution < 1.29 is 14.3 Å². The second-order valence-corrected chi connectivity index (χ2v) is 9.14. The van der Waals surface area contributed by atoms with Gasteiger partial charge in [0, 0.05) is 5.92 Å². The first kappa shape index (κ1) is 22.1. The number of para-hydroxylation sites is 2. The fraction of sp³-hybridized carbons (Fsp3) is 0.154. The van der Waals surface area contributed by atoms with Gasteiger partial charge in [0.05, 0.1) is 23.8 Å². The van der Waals surface area contributed by atoms with Crippen LogP contribution in [0.3, 0.4) is 0 Å². The molecule has 4 nitrogen and oxygen atoms in total. The Morgan fingerprint density at radius 2 is 1.44 bits per heavy atom. The first-order valence-electron chi connectivity index (χ1n) is 10.3. The number of carbonyl (C=O) groups is 1. The van der Waals surface area contributed by atoms with Crippen molar-refractivity contribution in [3.05, 3.63) is 95.4 Å². The SMILES string of the molecule is C[C@@H](COc1ccccc1)COc1ccc(/C=C2/SC(=S)N(c3ccccc3)C2=O)cc1. The number of amides is 1. The molecule has 162 valence electrons. The van der Waals surface area contributed by atoms with Crippen molar-refractivity contribution in [3.63, 3.8) is 0 Å². The van der Waals surface area contributed by atoms with Crippen LogP contribution in [0.2, 0.25) is 0 Å². The van der Waals surface area contributed by atoms with Crippen LogP contribution < -0.4 is 14.4 Å². The van der Waals surface area contributed by atoms with Crippen LogP contribution in [0.4, 0.5) is 5.69 Å². The van der Waals surface area contributed by atoms with Gasteiger partial charge >= 0.3 is 0 Å². The average Bonchev–Trinajstić information content (AvgIpc) is 3.11. The molecule has 0 spiro atoms. The molecule has 1 saturated heterocycles. The van der Waals surface area contributed by atoms with Crippen molar-refractivity contribution in [1.29, 1.82) is 0 Å². The first-order valence-corrected chi connectivity index (χ1v) is 11.6. The molecule has 0 N–H and O–H groups in total. The largest absolute Gasteiger partial charge is 0.493 e. The summed E-state index contributed by atoms with van der Waals surface area (Å²) >= 11 is 6.74. The van der Waals surface area contributed by atoms with Gasteiger partial charge in [-0.1, -0.05) is 79.4 Å². The van der Waals surface area contributed by atoms with Crippen LogP contribution >= 0.6 is 24.0 Å². The van der Waals surface area contributed by atoms with Gasteiger partial charge in [-0.3, -0.25) is 9.69 Å². The Bertz CT molecular complexity index is 1100. The molecule has 0 bridgehead atoms. The zero-order chi connectivity index (χ0) is 22.3. The van der Waals surface area contributed by atoms with Crippen molar-refractivity contribution in [2.75, 3.05) is 18.1 Å². The van der Waals surface area contributed by atoms with Crippen LogP contribution in [0.25, 0.3) is 6.08 Å². The molecule has 32 heavy (non-hydrogen) atoms. The Hall–Kier alpha value is -3.09. The molecule has 3 aromatic rings. The van der Waals surface area contributed by atoms with Crippen LogP contribution in [0.5, 0.6) is 11.5 Å². The summed E-state index contributed by atoms with van der Waals surface area (Å²) in [6, 6.07) is 26.9. The molecule has 1 aliphatic heterocycles. The van der Waals surface area contributed by atoms with Crippen molar-refractivity contribution in [2.45, 2.75) is 6.92 Å². The third-order valence-corrected chi connectivity index (χ3v) is 6.10. The maximum atomic E-state index is 12.8. The summed E-state index contributed by atoms with van der Waals surface area (Å²) in [4.78, 5) is 15.0. The maximum Gasteiger partial charge on any atom is 0.270 e. The number of benzene rings is 3. The molecule has 0 aliphatic carbocycles. The number of hydrogen-bond acceptors (Lipinski definition) is 5. The van der Waals surface area contributed by atoms with Crippen molar-refractivity contribution >= 4 is 46.0 Å². The summed E-state index contributed by atoms with van der Waals surface area (Å²) in [6.45, 7) is 3.24. The van der Waals surface area contributed by atoms with Gasteiger partial charge in [0.2, 0.25) is 0 Å². The highest BCUT2D eigenvalue weighted by atomic mass is 32.2. The second kappa shape index (κ2) is 10.5. The number of thiocarbonyl (C=S) groups is 1. The summed E-state index contributed by atoms with van der Waals surface area (Å²) in [6.07, 6.45) is 1.86. The predicted molar refractivity (Wildman–Crippen MR) is 135 cm³/mol. The standard InChI is InChI=1S/C26H23NO3S2/c1-19(17-29-22-10-6-3-7-11-22)18-30-23-14-12-20(13-15-23)16-24-25(28)27(26(31)32-24)21-8-4-2-5-9-21/h2-16,19H,17-18H2,1H3/b24-16+/t19-/m0/s1. The number of rotatable bonds is 8. The lowest BCUT2D eigenvalue weighted by atomic mass is 10.2. The van der Waals surface area contributed by atoms with Crippen molar-refractivity contribution in [1.82, 2.24) is 0 Å². The number of thioether (sulfide) groups is 1. The summed E-state index contributed by atoms with van der Waals surface area (Å²) in [5.41, 5.74) is 1.71. The molecule has 1 fully saturated rings. The van der Waals surface area contributed by atoms with Crippen LogP contribution in [0.1, 0.15) is 12.5 Å². The summed E-state index contributed by atoms with van der Waals surface area (Å²) < 4.78 is 12.2. The molecule has 6 heteroatoms. The quantitative estimate of drug-likeness (QED) is 0.296. The summed E-state index contributed by atoms with van der Waals surface area (Å²) in [5, 5.41) is 0. The van der Waals surface area contributed by atoms with E-state index in [1.54, 1.807) is 4.90 Å². The molecular formula is C26H23NO3S2. The zero-order valence-corrected chi connectivity index (χ0v) is 19.3. The minimum Gasteiger partial charge on any atom is -0.493 e. The number of anilines is 1. The highest BCUT2D eigenvalue weighted by Gasteiger charge is 2.33. The fourth-order valence-corrected chi connectivity index (χ4v) is 4.42. The fourth-order valence-electron chi connectivity index (χ4n) is 3.12. The maximum absolute atomic E-state index is 12.8. The van der Waals surface area contributed by atoms with Gasteiger partial charge in [-0.2, -0.15) is 0 Å². The highest BCUT2D eigenvalue weighted by Crippen LogP contribution is 2.36. The Morgan fingerprint density at radius 1 is 0.875 bits per heavy atom. The van der Waals surface area contributed by atoms with Crippen LogP contribution in [0, 0.1) is 5.92 Å². The number of ether oxygens (including phenoxy) is 2. The van der Waals surface area contributed by atoms with Gasteiger partial charge in [-0.25, -0.2) is 0 Å². The van der Waals surface area contributed by atoms with Crippen LogP contribution in [0.15, 0.2) is 89.8 Å². The lowest BCUT2D eigenvalue weighted by Crippen LogP contribution is -2.27. The Morgan fingerprint density at radius 3 is 2.06 bits per heavy atom. The topological polar surface area (TPSA) is 38.8 Å². The molecule has 0 radical (unpaired) electrons. The molecule has 4 rings (SSSR count). The lowest BCUT2D eigenvalue weighted by Gasteiger charge is -2.14. The first-order chi connectivity index (χ1) is 15.6.